The third kappa shape index (κ3) is 12.6. The van der Waals surface area contributed by atoms with Gasteiger partial charge in [0.1, 0.15) is 12.6 Å². The highest BCUT2D eigenvalue weighted by molar-refractivity contribution is 6.07. The zero-order valence-electron chi connectivity index (χ0n) is 40.7. The highest BCUT2D eigenvalue weighted by Gasteiger charge is 2.40. The number of nitrogens with zero attached hydrogens (tertiary/aromatic N) is 5. The van der Waals surface area contributed by atoms with Crippen molar-refractivity contribution >= 4 is 46.6 Å². The topological polar surface area (TPSA) is 172 Å². The molecule has 2 N–H and O–H groups in total. The lowest BCUT2D eigenvalue weighted by atomic mass is 9.84. The minimum atomic E-state index is -0.725. The number of ether oxygens (including phenoxy) is 5. The number of amides is 5. The van der Waals surface area contributed by atoms with E-state index in [0.29, 0.717) is 79.7 Å². The Hall–Kier alpha value is -5.59. The molecular weight excluding hydrogens is 883 g/mol. The number of hydrogen-bond donors (Lipinski definition) is 2. The van der Waals surface area contributed by atoms with Gasteiger partial charge in [-0.25, -0.2) is 0 Å². The molecule has 0 radical (unpaired) electrons. The second kappa shape index (κ2) is 23.3. The summed E-state index contributed by atoms with van der Waals surface area (Å²) in [5.41, 5.74) is 5.71. The van der Waals surface area contributed by atoms with Gasteiger partial charge in [-0.2, -0.15) is 0 Å². The maximum absolute atomic E-state index is 13.3. The Bertz CT molecular complexity index is 2290. The van der Waals surface area contributed by atoms with E-state index in [4.69, 9.17) is 23.7 Å². The monoisotopic (exact) mass is 952 g/mol. The molecular formula is C52H69N7O10. The molecule has 17 heteroatoms. The molecule has 1 atom stereocenters. The van der Waals surface area contributed by atoms with Crippen LogP contribution in [0.5, 0.6) is 11.5 Å². The number of nitrogens with one attached hydrogen (secondary N) is 2. The molecule has 8 rings (SSSR count). The number of fused-ring (bicyclic) bond motifs is 2. The summed E-state index contributed by atoms with van der Waals surface area (Å²) in [5, 5.41) is 5.13. The summed E-state index contributed by atoms with van der Waals surface area (Å²) in [6, 6.07) is 17.4. The number of piperidine rings is 1. The number of methoxy groups -OCH3 is 1. The quantitative estimate of drug-likeness (QED) is 0.112. The van der Waals surface area contributed by atoms with Gasteiger partial charge in [0.15, 0.2) is 11.5 Å². The Morgan fingerprint density at radius 3 is 2.25 bits per heavy atom. The summed E-state index contributed by atoms with van der Waals surface area (Å²) in [6.07, 6.45) is 5.73. The Balaban J connectivity index is 0.649. The number of imide groups is 1. The fraction of sp³-hybridized carbons (Fsp3) is 0.558. The van der Waals surface area contributed by atoms with E-state index in [0.717, 1.165) is 56.1 Å². The number of rotatable bonds is 21. The van der Waals surface area contributed by atoms with Gasteiger partial charge in [0, 0.05) is 93.5 Å². The van der Waals surface area contributed by atoms with Crippen molar-refractivity contribution in [3.63, 3.8) is 0 Å². The van der Waals surface area contributed by atoms with Crippen molar-refractivity contribution < 1.29 is 47.7 Å². The third-order valence-electron chi connectivity index (χ3n) is 14.1. The first-order valence-corrected chi connectivity index (χ1v) is 24.7. The highest BCUT2D eigenvalue weighted by Crippen LogP contribution is 2.37. The Morgan fingerprint density at radius 2 is 1.54 bits per heavy atom. The lowest BCUT2D eigenvalue weighted by Gasteiger charge is -2.42. The van der Waals surface area contributed by atoms with Crippen molar-refractivity contribution in [3.05, 3.63) is 76.9 Å². The summed E-state index contributed by atoms with van der Waals surface area (Å²) in [4.78, 5) is 73.8. The molecule has 3 fully saturated rings. The lowest BCUT2D eigenvalue weighted by molar-refractivity contribution is -0.137. The summed E-state index contributed by atoms with van der Waals surface area (Å²) in [7, 11) is 3.81. The molecule has 5 aliphatic rings. The van der Waals surface area contributed by atoms with Crippen LogP contribution in [0.3, 0.4) is 0 Å². The van der Waals surface area contributed by atoms with Gasteiger partial charge in [-0.1, -0.05) is 6.07 Å². The van der Waals surface area contributed by atoms with Crippen molar-refractivity contribution in [2.45, 2.75) is 90.1 Å². The minimum absolute atomic E-state index is 0.0194. The van der Waals surface area contributed by atoms with Gasteiger partial charge in [-0.05, 0) is 112 Å². The van der Waals surface area contributed by atoms with Crippen LogP contribution in [-0.4, -0.2) is 155 Å². The van der Waals surface area contributed by atoms with Crippen molar-refractivity contribution in [2.75, 3.05) is 108 Å². The first-order chi connectivity index (χ1) is 33.4. The molecule has 3 aromatic rings. The minimum Gasteiger partial charge on any atom is -0.493 e. The standard InChI is InChI=1S/C52H69N7O10/c1-35(2)69-47-29-38-32-58(50(62)30-37(38)28-46(47)65-4)41-14-12-39(13-15-41)55(3)31-36-8-10-40(11-9-36)57-20-18-56(19-21-57)22-23-66-24-25-67-26-27-68-34-49(61)53-44-7-5-6-42-43(44)33-59(52(42)64)45-16-17-48(60)54-51(45)63/h5-7,12-15,28-29,35-36,40,45H,8-11,16-27,30-34H2,1-4H3,(H,53,61)(H,54,60,63). The van der Waals surface area contributed by atoms with Gasteiger partial charge in [-0.15, -0.1) is 0 Å². The largest absolute Gasteiger partial charge is 0.493 e. The molecule has 0 aromatic heterocycles. The molecule has 4 aliphatic heterocycles. The van der Waals surface area contributed by atoms with Gasteiger partial charge in [-0.3, -0.25) is 39.1 Å². The van der Waals surface area contributed by atoms with Crippen LogP contribution in [0.15, 0.2) is 54.6 Å². The van der Waals surface area contributed by atoms with Gasteiger partial charge in [0.05, 0.1) is 59.2 Å². The van der Waals surface area contributed by atoms with Gasteiger partial charge >= 0.3 is 0 Å². The Labute approximate surface area is 405 Å². The van der Waals surface area contributed by atoms with E-state index in [1.165, 1.54) is 36.3 Å². The normalized spacial score (nSPS) is 21.0. The summed E-state index contributed by atoms with van der Waals surface area (Å²) in [5.74, 6) is 0.633. The van der Waals surface area contributed by atoms with E-state index in [1.807, 2.05) is 30.9 Å². The fourth-order valence-electron chi connectivity index (χ4n) is 10.3. The molecule has 1 unspecified atom stereocenters. The number of anilines is 3. The van der Waals surface area contributed by atoms with E-state index in [9.17, 15) is 24.0 Å². The summed E-state index contributed by atoms with van der Waals surface area (Å²) < 4.78 is 28.6. The van der Waals surface area contributed by atoms with Crippen LogP contribution in [-0.2, 0) is 52.9 Å². The van der Waals surface area contributed by atoms with Crippen LogP contribution >= 0.6 is 0 Å². The van der Waals surface area contributed by atoms with Crippen molar-refractivity contribution in [1.29, 1.82) is 0 Å². The predicted octanol–water partition coefficient (Wildman–Crippen LogP) is 4.63. The van der Waals surface area contributed by atoms with Gasteiger partial charge in [0.25, 0.3) is 5.91 Å². The summed E-state index contributed by atoms with van der Waals surface area (Å²) in [6.45, 7) is 12.8. The van der Waals surface area contributed by atoms with Gasteiger partial charge in [0.2, 0.25) is 23.6 Å². The van der Waals surface area contributed by atoms with Crippen LogP contribution in [0.2, 0.25) is 0 Å². The van der Waals surface area contributed by atoms with E-state index >= 15 is 0 Å². The maximum Gasteiger partial charge on any atom is 0.255 e. The first-order valence-electron chi connectivity index (χ1n) is 24.7. The average molecular weight is 952 g/mol. The molecule has 1 saturated carbocycles. The van der Waals surface area contributed by atoms with Crippen LogP contribution < -0.4 is 29.9 Å². The van der Waals surface area contributed by atoms with E-state index in [2.05, 4.69) is 56.6 Å². The molecule has 372 valence electrons. The van der Waals surface area contributed by atoms with E-state index in [1.54, 1.807) is 25.3 Å². The fourth-order valence-corrected chi connectivity index (χ4v) is 10.3. The second-order valence-corrected chi connectivity index (χ2v) is 19.1. The van der Waals surface area contributed by atoms with Crippen molar-refractivity contribution in [2.24, 2.45) is 5.92 Å². The van der Waals surface area contributed by atoms with E-state index in [-0.39, 0.29) is 62.3 Å². The lowest BCUT2D eigenvalue weighted by Crippen LogP contribution is -2.52. The van der Waals surface area contributed by atoms with Crippen LogP contribution in [0.4, 0.5) is 17.1 Å². The molecule has 17 nitrogen and oxygen atoms in total. The van der Waals surface area contributed by atoms with Crippen LogP contribution in [0, 0.1) is 5.92 Å². The van der Waals surface area contributed by atoms with E-state index < -0.39 is 11.9 Å². The Morgan fingerprint density at radius 1 is 0.826 bits per heavy atom. The third-order valence-corrected chi connectivity index (χ3v) is 14.1. The zero-order chi connectivity index (χ0) is 48.4. The molecule has 3 aromatic carbocycles. The molecule has 4 heterocycles. The second-order valence-electron chi connectivity index (χ2n) is 19.1. The molecule has 2 saturated heterocycles. The smallest absolute Gasteiger partial charge is 0.255 e. The molecule has 5 amide bonds. The van der Waals surface area contributed by atoms with Crippen LogP contribution in [0.1, 0.15) is 79.4 Å². The van der Waals surface area contributed by atoms with Crippen LogP contribution in [0.25, 0.3) is 0 Å². The number of hydrogen-bond acceptors (Lipinski definition) is 13. The molecule has 1 aliphatic carbocycles. The summed E-state index contributed by atoms with van der Waals surface area (Å²) >= 11 is 0. The number of benzene rings is 3. The Kier molecular flexibility index (Phi) is 16.9. The highest BCUT2D eigenvalue weighted by atomic mass is 16.5. The number of piperazine rings is 1. The van der Waals surface area contributed by atoms with Gasteiger partial charge < -0.3 is 43.7 Å². The maximum atomic E-state index is 13.3. The van der Waals surface area contributed by atoms with Crippen molar-refractivity contribution in [3.8, 4) is 11.5 Å². The SMILES string of the molecule is COc1cc2c(cc1OC(C)C)CN(c1ccc(N(C)CC3CCC(N4CCN(CCOCCOCCOCC(=O)Nc5cccc6c5CN(C5CCC(=O)NC5=O)C6=O)CC4)CC3)cc1)C(=O)C2. The molecule has 0 bridgehead atoms. The predicted molar refractivity (Wildman–Crippen MR) is 261 cm³/mol. The zero-order valence-corrected chi connectivity index (χ0v) is 40.7. The van der Waals surface area contributed by atoms with Crippen molar-refractivity contribution in [1.82, 2.24) is 20.0 Å². The molecule has 0 spiro atoms. The number of carbonyl (C=O) groups is 5. The number of carbonyl (C=O) groups excluding carboxylic acids is 5. The molecule has 69 heavy (non-hydrogen) atoms. The first kappa shape index (κ1) is 49.8. The average Bonchev–Trinajstić information content (AvgIpc) is 3.68.